The van der Waals surface area contributed by atoms with Crippen LogP contribution >= 0.6 is 0 Å². The summed E-state index contributed by atoms with van der Waals surface area (Å²) in [6, 6.07) is 0. The number of methoxy groups -OCH3 is 1. The molecule has 5 heteroatoms. The van der Waals surface area contributed by atoms with Crippen LogP contribution in [0.15, 0.2) is 0 Å². The number of carbonyl (C=O) groups excluding carboxylic acids is 1. The largest absolute Gasteiger partial charge is 0.384 e. The quantitative estimate of drug-likeness (QED) is 0.737. The van der Waals surface area contributed by atoms with E-state index in [-0.39, 0.29) is 5.91 Å². The fourth-order valence-electron chi connectivity index (χ4n) is 2.22. The summed E-state index contributed by atoms with van der Waals surface area (Å²) in [5.74, 6) is 0.204. The molecule has 98 valence electrons. The minimum atomic E-state index is 0.204. The minimum absolute atomic E-state index is 0.204. The summed E-state index contributed by atoms with van der Waals surface area (Å²) in [6.45, 7) is 4.13. The van der Waals surface area contributed by atoms with E-state index in [1.807, 2.05) is 4.90 Å². The fourth-order valence-corrected chi connectivity index (χ4v) is 2.22. The van der Waals surface area contributed by atoms with E-state index < -0.39 is 0 Å². The zero-order valence-electron chi connectivity index (χ0n) is 10.5. The average Bonchev–Trinajstić information content (AvgIpc) is 2.31. The van der Waals surface area contributed by atoms with Gasteiger partial charge in [-0.3, -0.25) is 4.79 Å². The second kappa shape index (κ2) is 6.33. The predicted octanol–water partition coefficient (Wildman–Crippen LogP) is 0.00230. The van der Waals surface area contributed by atoms with Gasteiger partial charge >= 0.3 is 0 Å². The summed E-state index contributed by atoms with van der Waals surface area (Å²) in [5.41, 5.74) is 0. The Labute approximate surface area is 102 Å². The van der Waals surface area contributed by atoms with E-state index in [2.05, 4.69) is 5.32 Å². The van der Waals surface area contributed by atoms with E-state index in [0.717, 1.165) is 39.0 Å². The van der Waals surface area contributed by atoms with Crippen LogP contribution in [0.1, 0.15) is 19.3 Å². The number of hydrogen-bond acceptors (Lipinski definition) is 4. The molecule has 0 saturated carbocycles. The highest BCUT2D eigenvalue weighted by molar-refractivity contribution is 5.76. The lowest BCUT2D eigenvalue weighted by Gasteiger charge is -2.36. The number of nitrogens with one attached hydrogen (secondary N) is 1. The van der Waals surface area contributed by atoms with Crippen LogP contribution in [0.5, 0.6) is 0 Å². The number of carbonyl (C=O) groups is 1. The number of amides is 1. The highest BCUT2D eigenvalue weighted by Gasteiger charge is 2.27. The second-order valence-corrected chi connectivity index (χ2v) is 4.74. The highest BCUT2D eigenvalue weighted by Crippen LogP contribution is 2.17. The molecule has 0 aliphatic carbocycles. The summed E-state index contributed by atoms with van der Waals surface area (Å²) >= 11 is 0. The van der Waals surface area contributed by atoms with Gasteiger partial charge in [-0.1, -0.05) is 0 Å². The van der Waals surface area contributed by atoms with Crippen molar-refractivity contribution in [2.75, 3.05) is 39.9 Å². The van der Waals surface area contributed by atoms with Crippen molar-refractivity contribution in [2.45, 2.75) is 31.5 Å². The number of nitrogens with zero attached hydrogens (tertiary/aromatic N) is 1. The van der Waals surface area contributed by atoms with Crippen LogP contribution in [0.3, 0.4) is 0 Å². The van der Waals surface area contributed by atoms with Crippen molar-refractivity contribution >= 4 is 5.91 Å². The zero-order valence-corrected chi connectivity index (χ0v) is 10.5. The molecule has 17 heavy (non-hydrogen) atoms. The molecule has 0 radical (unpaired) electrons. The molecule has 5 nitrogen and oxygen atoms in total. The molecule has 2 aliphatic heterocycles. The van der Waals surface area contributed by atoms with Gasteiger partial charge < -0.3 is 19.7 Å². The van der Waals surface area contributed by atoms with Gasteiger partial charge in [-0.2, -0.15) is 0 Å². The van der Waals surface area contributed by atoms with Gasteiger partial charge in [-0.05, 0) is 12.8 Å². The first-order valence-corrected chi connectivity index (χ1v) is 6.42. The smallest absolute Gasteiger partial charge is 0.224 e. The monoisotopic (exact) mass is 242 g/mol. The lowest BCUT2D eigenvalue weighted by molar-refractivity contribution is -0.136. The van der Waals surface area contributed by atoms with Crippen molar-refractivity contribution in [1.29, 1.82) is 0 Å². The van der Waals surface area contributed by atoms with E-state index in [9.17, 15) is 4.79 Å². The molecular formula is C12H22N2O3. The average molecular weight is 242 g/mol. The lowest BCUT2D eigenvalue weighted by Crippen LogP contribution is -2.51. The minimum Gasteiger partial charge on any atom is -0.384 e. The SMILES string of the molecule is COCCC(=O)N1CCC(OC2CNC2)CC1. The Kier molecular flexibility index (Phi) is 4.76. The topological polar surface area (TPSA) is 50.8 Å². The van der Waals surface area contributed by atoms with Gasteiger partial charge in [0, 0.05) is 33.3 Å². The molecule has 2 aliphatic rings. The molecule has 0 aromatic heterocycles. The van der Waals surface area contributed by atoms with Crippen LogP contribution < -0.4 is 5.32 Å². The van der Waals surface area contributed by atoms with E-state index in [0.29, 0.717) is 25.2 Å². The van der Waals surface area contributed by atoms with Crippen LogP contribution in [-0.2, 0) is 14.3 Å². The van der Waals surface area contributed by atoms with Crippen molar-refractivity contribution in [3.05, 3.63) is 0 Å². The first-order chi connectivity index (χ1) is 8.29. The normalized spacial score (nSPS) is 22.5. The number of ether oxygens (including phenoxy) is 2. The molecule has 2 heterocycles. The molecular weight excluding hydrogens is 220 g/mol. The number of rotatable bonds is 5. The Bertz CT molecular complexity index is 248. The number of piperidine rings is 1. The van der Waals surface area contributed by atoms with Gasteiger partial charge in [-0.25, -0.2) is 0 Å². The lowest BCUT2D eigenvalue weighted by atomic mass is 10.1. The van der Waals surface area contributed by atoms with Gasteiger partial charge in [-0.15, -0.1) is 0 Å². The van der Waals surface area contributed by atoms with E-state index in [1.54, 1.807) is 7.11 Å². The standard InChI is InChI=1S/C12H22N2O3/c1-16-7-4-12(15)14-5-2-10(3-6-14)17-11-8-13-9-11/h10-11,13H,2-9H2,1H3. The van der Waals surface area contributed by atoms with Crippen LogP contribution in [-0.4, -0.2) is 62.9 Å². The Balaban J connectivity index is 1.64. The van der Waals surface area contributed by atoms with Gasteiger partial charge in [0.05, 0.1) is 25.2 Å². The zero-order chi connectivity index (χ0) is 12.1. The maximum absolute atomic E-state index is 11.7. The maximum atomic E-state index is 11.7. The Morgan fingerprint density at radius 1 is 1.29 bits per heavy atom. The Hall–Kier alpha value is -0.650. The van der Waals surface area contributed by atoms with Crippen LogP contribution in [0.25, 0.3) is 0 Å². The molecule has 0 atom stereocenters. The van der Waals surface area contributed by atoms with Crippen molar-refractivity contribution in [3.8, 4) is 0 Å². The van der Waals surface area contributed by atoms with Crippen LogP contribution in [0.4, 0.5) is 0 Å². The van der Waals surface area contributed by atoms with Crippen molar-refractivity contribution in [2.24, 2.45) is 0 Å². The molecule has 0 aromatic rings. The van der Waals surface area contributed by atoms with Gasteiger partial charge in [0.15, 0.2) is 0 Å². The van der Waals surface area contributed by atoms with Crippen molar-refractivity contribution < 1.29 is 14.3 Å². The molecule has 2 fully saturated rings. The summed E-state index contributed by atoms with van der Waals surface area (Å²) < 4.78 is 10.8. The first kappa shape index (κ1) is 12.8. The summed E-state index contributed by atoms with van der Waals surface area (Å²) in [6.07, 6.45) is 3.17. The molecule has 0 bridgehead atoms. The van der Waals surface area contributed by atoms with Crippen LogP contribution in [0.2, 0.25) is 0 Å². The third-order valence-electron chi connectivity index (χ3n) is 3.44. The number of hydrogen-bond donors (Lipinski definition) is 1. The first-order valence-electron chi connectivity index (χ1n) is 6.42. The molecule has 1 amide bonds. The van der Waals surface area contributed by atoms with Gasteiger partial charge in [0.2, 0.25) is 5.91 Å². The molecule has 1 N–H and O–H groups in total. The van der Waals surface area contributed by atoms with Gasteiger partial charge in [0.25, 0.3) is 0 Å². The summed E-state index contributed by atoms with van der Waals surface area (Å²) in [7, 11) is 1.63. The van der Waals surface area contributed by atoms with Crippen LogP contribution in [0, 0.1) is 0 Å². The second-order valence-electron chi connectivity index (χ2n) is 4.74. The van der Waals surface area contributed by atoms with E-state index >= 15 is 0 Å². The molecule has 0 unspecified atom stereocenters. The van der Waals surface area contributed by atoms with Gasteiger partial charge in [0.1, 0.15) is 0 Å². The summed E-state index contributed by atoms with van der Waals surface area (Å²) in [5, 5.41) is 3.20. The number of likely N-dealkylation sites (tertiary alicyclic amines) is 1. The van der Waals surface area contributed by atoms with E-state index in [4.69, 9.17) is 9.47 Å². The maximum Gasteiger partial charge on any atom is 0.224 e. The molecule has 2 saturated heterocycles. The molecule has 0 spiro atoms. The van der Waals surface area contributed by atoms with Crippen molar-refractivity contribution in [3.63, 3.8) is 0 Å². The Morgan fingerprint density at radius 2 is 2.00 bits per heavy atom. The highest BCUT2D eigenvalue weighted by atomic mass is 16.5. The Morgan fingerprint density at radius 3 is 2.53 bits per heavy atom. The third kappa shape index (κ3) is 3.66. The molecule has 2 rings (SSSR count). The predicted molar refractivity (Wildman–Crippen MR) is 63.8 cm³/mol. The third-order valence-corrected chi connectivity index (χ3v) is 3.44. The van der Waals surface area contributed by atoms with Crippen molar-refractivity contribution in [1.82, 2.24) is 10.2 Å². The fraction of sp³-hybridized carbons (Fsp3) is 0.917. The van der Waals surface area contributed by atoms with E-state index in [1.165, 1.54) is 0 Å². The summed E-state index contributed by atoms with van der Waals surface area (Å²) in [4.78, 5) is 13.7. The molecule has 0 aromatic carbocycles.